The molecule has 0 unspecified atom stereocenters. The first-order valence-electron chi connectivity index (χ1n) is 9.05. The Labute approximate surface area is 148 Å². The fraction of sp³-hybridized carbons (Fsp3) is 0.400. The van der Waals surface area contributed by atoms with Gasteiger partial charge in [0.15, 0.2) is 0 Å². The van der Waals surface area contributed by atoms with Crippen LogP contribution in [0, 0.1) is 0 Å². The molecular formula is C20H24N4O. The zero-order valence-corrected chi connectivity index (χ0v) is 14.4. The lowest BCUT2D eigenvalue weighted by atomic mass is 10.00. The van der Waals surface area contributed by atoms with E-state index in [0.29, 0.717) is 19.1 Å². The fourth-order valence-corrected chi connectivity index (χ4v) is 3.19. The Hall–Kier alpha value is -2.40. The van der Waals surface area contributed by atoms with Crippen LogP contribution in [-0.2, 0) is 24.3 Å². The van der Waals surface area contributed by atoms with E-state index in [9.17, 15) is 4.79 Å². The lowest BCUT2D eigenvalue weighted by molar-refractivity contribution is -0.120. The number of aromatic nitrogens is 1. The van der Waals surface area contributed by atoms with Crippen molar-refractivity contribution in [2.45, 2.75) is 38.4 Å². The van der Waals surface area contributed by atoms with Crippen LogP contribution in [0.5, 0.6) is 0 Å². The lowest BCUT2D eigenvalue weighted by Crippen LogP contribution is -2.34. The third-order valence-corrected chi connectivity index (χ3v) is 4.88. The average Bonchev–Trinajstić information content (AvgIpc) is 3.49. The fourth-order valence-electron chi connectivity index (χ4n) is 3.19. The van der Waals surface area contributed by atoms with Crippen molar-refractivity contribution in [3.8, 4) is 0 Å². The van der Waals surface area contributed by atoms with Crippen LogP contribution >= 0.6 is 0 Å². The number of carbonyl (C=O) groups is 1. The van der Waals surface area contributed by atoms with Gasteiger partial charge in [0.25, 0.3) is 0 Å². The summed E-state index contributed by atoms with van der Waals surface area (Å²) in [5.41, 5.74) is 3.86. The first-order chi connectivity index (χ1) is 12.3. The molecule has 1 aromatic heterocycles. The molecule has 0 spiro atoms. The van der Waals surface area contributed by atoms with Crippen molar-refractivity contribution >= 4 is 11.7 Å². The number of hydrogen-bond acceptors (Lipinski definition) is 4. The van der Waals surface area contributed by atoms with Gasteiger partial charge in [0.1, 0.15) is 5.82 Å². The number of nitrogens with zero attached hydrogens (tertiary/aromatic N) is 2. The summed E-state index contributed by atoms with van der Waals surface area (Å²) >= 11 is 0. The van der Waals surface area contributed by atoms with Gasteiger partial charge in [-0.1, -0.05) is 30.3 Å². The predicted molar refractivity (Wildman–Crippen MR) is 98.3 cm³/mol. The largest absolute Gasteiger partial charge is 0.352 e. The molecule has 0 radical (unpaired) electrons. The summed E-state index contributed by atoms with van der Waals surface area (Å²) in [7, 11) is 0. The molecule has 2 N–H and O–H groups in total. The van der Waals surface area contributed by atoms with E-state index in [1.54, 1.807) is 0 Å². The van der Waals surface area contributed by atoms with Gasteiger partial charge in [-0.3, -0.25) is 4.79 Å². The number of nitrogens with one attached hydrogen (secondary N) is 2. The molecule has 4 rings (SSSR count). The number of pyridine rings is 1. The minimum Gasteiger partial charge on any atom is -0.352 e. The quantitative estimate of drug-likeness (QED) is 0.847. The van der Waals surface area contributed by atoms with Gasteiger partial charge in [-0.25, -0.2) is 4.98 Å². The molecule has 1 aliphatic carbocycles. The van der Waals surface area contributed by atoms with E-state index in [2.05, 4.69) is 56.9 Å². The minimum atomic E-state index is 0.0450. The number of carbonyl (C=O) groups excluding carboxylic acids is 1. The minimum absolute atomic E-state index is 0.0450. The normalized spacial score (nSPS) is 16.4. The molecule has 1 amide bonds. The van der Waals surface area contributed by atoms with E-state index in [1.807, 2.05) is 6.20 Å². The molecule has 25 heavy (non-hydrogen) atoms. The van der Waals surface area contributed by atoms with Gasteiger partial charge < -0.3 is 15.5 Å². The Morgan fingerprint density at radius 1 is 1.16 bits per heavy atom. The maximum Gasteiger partial charge on any atom is 0.234 e. The van der Waals surface area contributed by atoms with E-state index in [0.717, 1.165) is 30.9 Å². The first kappa shape index (κ1) is 16.1. The molecule has 5 heteroatoms. The Morgan fingerprint density at radius 3 is 2.76 bits per heavy atom. The number of amides is 1. The van der Waals surface area contributed by atoms with Crippen LogP contribution in [0.15, 0.2) is 42.6 Å². The van der Waals surface area contributed by atoms with Crippen molar-refractivity contribution in [1.82, 2.24) is 15.6 Å². The third kappa shape index (κ3) is 4.17. The monoisotopic (exact) mass is 336 g/mol. The van der Waals surface area contributed by atoms with Gasteiger partial charge in [0, 0.05) is 31.9 Å². The zero-order valence-electron chi connectivity index (χ0n) is 14.4. The first-order valence-corrected chi connectivity index (χ1v) is 9.05. The lowest BCUT2D eigenvalue weighted by Gasteiger charge is -2.29. The average molecular weight is 336 g/mol. The molecule has 5 nitrogen and oxygen atoms in total. The smallest absolute Gasteiger partial charge is 0.234 e. The van der Waals surface area contributed by atoms with Crippen molar-refractivity contribution in [2.75, 3.05) is 18.0 Å². The highest BCUT2D eigenvalue weighted by Gasteiger charge is 2.21. The van der Waals surface area contributed by atoms with Crippen molar-refractivity contribution in [3.05, 3.63) is 59.3 Å². The molecule has 0 atom stereocenters. The second-order valence-electron chi connectivity index (χ2n) is 6.90. The van der Waals surface area contributed by atoms with E-state index in [-0.39, 0.29) is 5.91 Å². The summed E-state index contributed by atoms with van der Waals surface area (Å²) < 4.78 is 0. The van der Waals surface area contributed by atoms with Gasteiger partial charge in [-0.15, -0.1) is 0 Å². The molecule has 0 bridgehead atoms. The standard InChI is InChI=1S/C20H24N4O/c25-20(13-21-18-6-7-18)23-12-15-5-8-19(22-11-15)24-10-9-16-3-1-2-4-17(16)14-24/h1-5,8,11,18,21H,6-7,9-10,12-14H2,(H,23,25). The summed E-state index contributed by atoms with van der Waals surface area (Å²) in [5, 5.41) is 6.16. The van der Waals surface area contributed by atoms with Crippen LogP contribution in [0.4, 0.5) is 5.82 Å². The molecule has 0 saturated heterocycles. The summed E-state index contributed by atoms with van der Waals surface area (Å²) in [5.74, 6) is 1.04. The van der Waals surface area contributed by atoms with Crippen molar-refractivity contribution < 1.29 is 4.79 Å². The summed E-state index contributed by atoms with van der Waals surface area (Å²) in [6.45, 7) is 2.84. The maximum atomic E-state index is 11.8. The van der Waals surface area contributed by atoms with Gasteiger partial charge in [0.2, 0.25) is 5.91 Å². The molecule has 2 heterocycles. The summed E-state index contributed by atoms with van der Waals surface area (Å²) in [4.78, 5) is 18.7. The molecule has 2 aliphatic rings. The number of hydrogen-bond donors (Lipinski definition) is 2. The molecule has 1 saturated carbocycles. The topological polar surface area (TPSA) is 57.3 Å². The molecule has 2 aromatic rings. The maximum absolute atomic E-state index is 11.8. The van der Waals surface area contributed by atoms with E-state index < -0.39 is 0 Å². The highest BCUT2D eigenvalue weighted by atomic mass is 16.1. The second kappa shape index (κ2) is 7.23. The van der Waals surface area contributed by atoms with Crippen LogP contribution in [0.1, 0.15) is 29.5 Å². The van der Waals surface area contributed by atoms with Gasteiger partial charge in [-0.05, 0) is 42.0 Å². The van der Waals surface area contributed by atoms with Crippen LogP contribution in [0.3, 0.4) is 0 Å². The number of benzene rings is 1. The van der Waals surface area contributed by atoms with Crippen molar-refractivity contribution in [2.24, 2.45) is 0 Å². The van der Waals surface area contributed by atoms with Gasteiger partial charge in [0.05, 0.1) is 6.54 Å². The van der Waals surface area contributed by atoms with Crippen LogP contribution in [-0.4, -0.2) is 30.0 Å². The number of fused-ring (bicyclic) bond motifs is 1. The summed E-state index contributed by atoms with van der Waals surface area (Å²) in [6, 6.07) is 13.3. The van der Waals surface area contributed by atoms with Crippen LogP contribution in [0.2, 0.25) is 0 Å². The highest BCUT2D eigenvalue weighted by Crippen LogP contribution is 2.23. The Morgan fingerprint density at radius 2 is 2.00 bits per heavy atom. The van der Waals surface area contributed by atoms with Crippen molar-refractivity contribution in [1.29, 1.82) is 0 Å². The molecule has 130 valence electrons. The Balaban J connectivity index is 1.30. The second-order valence-corrected chi connectivity index (χ2v) is 6.90. The zero-order chi connectivity index (χ0) is 17.1. The molecular weight excluding hydrogens is 312 g/mol. The number of anilines is 1. The molecule has 1 aromatic carbocycles. The van der Waals surface area contributed by atoms with Gasteiger partial charge >= 0.3 is 0 Å². The molecule has 1 aliphatic heterocycles. The van der Waals surface area contributed by atoms with Gasteiger partial charge in [-0.2, -0.15) is 0 Å². The number of rotatable bonds is 6. The Kier molecular flexibility index (Phi) is 4.65. The molecule has 1 fully saturated rings. The SMILES string of the molecule is O=C(CNC1CC1)NCc1ccc(N2CCc3ccccc3C2)nc1. The highest BCUT2D eigenvalue weighted by molar-refractivity contribution is 5.78. The summed E-state index contributed by atoms with van der Waals surface area (Å²) in [6.07, 6.45) is 5.31. The van der Waals surface area contributed by atoms with Crippen LogP contribution < -0.4 is 15.5 Å². The van der Waals surface area contributed by atoms with E-state index in [1.165, 1.54) is 24.0 Å². The Bertz CT molecular complexity index is 740. The van der Waals surface area contributed by atoms with Crippen molar-refractivity contribution in [3.63, 3.8) is 0 Å². The van der Waals surface area contributed by atoms with Crippen LogP contribution in [0.25, 0.3) is 0 Å². The predicted octanol–water partition coefficient (Wildman–Crippen LogP) is 2.01. The third-order valence-electron chi connectivity index (χ3n) is 4.88. The van der Waals surface area contributed by atoms with E-state index >= 15 is 0 Å². The van der Waals surface area contributed by atoms with E-state index in [4.69, 9.17) is 0 Å².